The van der Waals surface area contributed by atoms with E-state index in [1.54, 1.807) is 18.5 Å². The maximum Gasteiger partial charge on any atom is 0.261 e. The van der Waals surface area contributed by atoms with E-state index in [1.165, 1.54) is 12.8 Å². The van der Waals surface area contributed by atoms with E-state index in [-0.39, 0.29) is 23.5 Å². The molecular formula is C42H36BrClN6O2. The Balaban J connectivity index is 0.000000136. The Morgan fingerprint density at radius 2 is 1.15 bits per heavy atom. The van der Waals surface area contributed by atoms with Crippen LogP contribution in [0, 0.1) is 24.2 Å². The largest absolute Gasteiger partial charge is 0.293 e. The topological polar surface area (TPSA) is 95.6 Å². The zero-order valence-corrected chi connectivity index (χ0v) is 30.8. The molecule has 4 aliphatic heterocycles. The third-order valence-corrected chi connectivity index (χ3v) is 11.0. The van der Waals surface area contributed by atoms with Crippen LogP contribution < -0.4 is 11.1 Å². The van der Waals surface area contributed by atoms with E-state index in [0.717, 1.165) is 82.3 Å². The van der Waals surface area contributed by atoms with Crippen molar-refractivity contribution in [2.24, 2.45) is 0 Å². The van der Waals surface area contributed by atoms with Crippen molar-refractivity contribution >= 4 is 50.1 Å². The summed E-state index contributed by atoms with van der Waals surface area (Å²) in [6, 6.07) is 23.3. The first-order valence-corrected chi connectivity index (χ1v) is 18.3. The molecule has 0 saturated heterocycles. The minimum atomic E-state index is 0. The molecule has 0 N–H and O–H groups in total. The Labute approximate surface area is 316 Å². The lowest BCUT2D eigenvalue weighted by atomic mass is 9.81. The molecule has 8 nitrogen and oxygen atoms in total. The first kappa shape index (κ1) is 35.3. The van der Waals surface area contributed by atoms with E-state index in [4.69, 9.17) is 16.4 Å². The SMILES string of the molecule is C#Cc1ccccn1.Cl.O=c1c2ccc(Br)cc2nc2n1C1CCC2CC1.O=c1c2ccc(C#Cc3ccccn3)cc2nc2n1C1CCC2CC1. The van der Waals surface area contributed by atoms with Crippen LogP contribution in [-0.2, 0) is 0 Å². The fourth-order valence-electron chi connectivity index (χ4n) is 7.97. The molecule has 8 heterocycles. The number of nitrogens with zero attached hydrogens (tertiary/aromatic N) is 6. The van der Waals surface area contributed by atoms with Gasteiger partial charge in [0, 0.05) is 46.3 Å². The average molecular weight is 772 g/mol. The zero-order valence-electron chi connectivity index (χ0n) is 28.4. The summed E-state index contributed by atoms with van der Waals surface area (Å²) in [5.74, 6) is 11.5. The first-order chi connectivity index (χ1) is 25.0. The van der Waals surface area contributed by atoms with Gasteiger partial charge in [0.15, 0.2) is 0 Å². The van der Waals surface area contributed by atoms with Gasteiger partial charge in [-0.15, -0.1) is 18.8 Å². The molecule has 10 heteroatoms. The summed E-state index contributed by atoms with van der Waals surface area (Å²) < 4.78 is 4.90. The van der Waals surface area contributed by atoms with Gasteiger partial charge < -0.3 is 0 Å². The highest BCUT2D eigenvalue weighted by molar-refractivity contribution is 9.10. The standard InChI is InChI=1S/C21H17N3O.C14H13BrN2O.C7H5N.ClH/c25-21-18-11-5-14(4-8-16-3-1-2-12-22-16)13-19(18)23-20-15-6-9-17(10-7-15)24(20)21;15-9-3-6-11-12(7-9)16-13-8-1-4-10(5-2-8)17(13)14(11)18;1-2-7-5-3-4-6-8-7;/h1-3,5,11-13,15,17H,6-7,9-10H2;3,6-8,10H,1-2,4-5H2;1,3-6H;1H. The summed E-state index contributed by atoms with van der Waals surface area (Å²) in [5, 5.41) is 1.44. The highest BCUT2D eigenvalue weighted by Crippen LogP contribution is 2.44. The van der Waals surface area contributed by atoms with E-state index in [9.17, 15) is 9.59 Å². The van der Waals surface area contributed by atoms with E-state index in [2.05, 4.69) is 43.7 Å². The molecule has 6 aliphatic rings. The molecule has 0 unspecified atom stereocenters. The second kappa shape index (κ2) is 15.3. The van der Waals surface area contributed by atoms with Crippen molar-refractivity contribution in [2.45, 2.75) is 75.3 Å². The number of aromatic nitrogens is 6. The third kappa shape index (κ3) is 6.91. The molecule has 0 atom stereocenters. The van der Waals surface area contributed by atoms with Crippen molar-refractivity contribution in [2.75, 3.05) is 0 Å². The summed E-state index contributed by atoms with van der Waals surface area (Å²) in [6.45, 7) is 0. The molecule has 0 amide bonds. The van der Waals surface area contributed by atoms with E-state index < -0.39 is 0 Å². The van der Waals surface area contributed by atoms with Crippen molar-refractivity contribution < 1.29 is 0 Å². The van der Waals surface area contributed by atoms with Crippen LogP contribution in [0.3, 0.4) is 0 Å². The van der Waals surface area contributed by atoms with Crippen molar-refractivity contribution in [3.05, 3.63) is 139 Å². The second-order valence-electron chi connectivity index (χ2n) is 13.5. The van der Waals surface area contributed by atoms with Gasteiger partial charge in [-0.25, -0.2) is 19.9 Å². The quantitative estimate of drug-likeness (QED) is 0.144. The lowest BCUT2D eigenvalue weighted by Crippen LogP contribution is -2.38. The molecule has 12 rings (SSSR count). The highest BCUT2D eigenvalue weighted by Gasteiger charge is 2.36. The van der Waals surface area contributed by atoms with Crippen LogP contribution in [0.25, 0.3) is 21.8 Å². The smallest absolute Gasteiger partial charge is 0.261 e. The summed E-state index contributed by atoms with van der Waals surface area (Å²) >= 11 is 3.45. The Hall–Kier alpha value is -5.09. The highest BCUT2D eigenvalue weighted by atomic mass is 79.9. The van der Waals surface area contributed by atoms with Gasteiger partial charge in [-0.1, -0.05) is 39.9 Å². The predicted octanol–water partition coefficient (Wildman–Crippen LogP) is 8.26. The molecule has 52 heavy (non-hydrogen) atoms. The number of pyridine rings is 2. The third-order valence-electron chi connectivity index (χ3n) is 10.5. The zero-order chi connectivity index (χ0) is 34.9. The van der Waals surface area contributed by atoms with Gasteiger partial charge in [0.2, 0.25) is 0 Å². The monoisotopic (exact) mass is 770 g/mol. The summed E-state index contributed by atoms with van der Waals surface area (Å²) in [6.07, 6.45) is 17.6. The van der Waals surface area contributed by atoms with Crippen molar-refractivity contribution in [1.82, 2.24) is 29.1 Å². The Bertz CT molecular complexity index is 2490. The van der Waals surface area contributed by atoms with Gasteiger partial charge in [0.1, 0.15) is 23.0 Å². The minimum absolute atomic E-state index is 0. The van der Waals surface area contributed by atoms with Crippen LogP contribution in [0.1, 0.15) is 104 Å². The average Bonchev–Trinajstić information content (AvgIpc) is 3.19. The molecule has 2 fully saturated rings. The fourth-order valence-corrected chi connectivity index (χ4v) is 8.32. The lowest BCUT2D eigenvalue weighted by Gasteiger charge is -2.38. The van der Waals surface area contributed by atoms with Gasteiger partial charge >= 0.3 is 0 Å². The van der Waals surface area contributed by atoms with Gasteiger partial charge in [-0.3, -0.25) is 18.7 Å². The molecule has 2 saturated carbocycles. The minimum Gasteiger partial charge on any atom is -0.293 e. The molecule has 2 aromatic carbocycles. The maximum absolute atomic E-state index is 12.9. The van der Waals surface area contributed by atoms with E-state index in [0.29, 0.717) is 35.0 Å². The van der Waals surface area contributed by atoms with E-state index >= 15 is 0 Å². The first-order valence-electron chi connectivity index (χ1n) is 17.6. The van der Waals surface area contributed by atoms with Crippen molar-refractivity contribution in [3.8, 4) is 24.2 Å². The second-order valence-corrected chi connectivity index (χ2v) is 14.4. The van der Waals surface area contributed by atoms with Gasteiger partial charge in [-0.2, -0.15) is 0 Å². The van der Waals surface area contributed by atoms with Crippen LogP contribution in [-0.4, -0.2) is 29.1 Å². The molecule has 0 radical (unpaired) electrons. The summed E-state index contributed by atoms with van der Waals surface area (Å²) in [4.78, 5) is 43.2. The van der Waals surface area contributed by atoms with Crippen LogP contribution >= 0.6 is 28.3 Å². The van der Waals surface area contributed by atoms with Gasteiger partial charge in [0.25, 0.3) is 11.1 Å². The molecule has 4 aromatic heterocycles. The van der Waals surface area contributed by atoms with Crippen LogP contribution in [0.5, 0.6) is 0 Å². The number of halogens is 2. The molecule has 2 aliphatic carbocycles. The van der Waals surface area contributed by atoms with Crippen LogP contribution in [0.15, 0.2) is 99.3 Å². The molecular weight excluding hydrogens is 736 g/mol. The Kier molecular flexibility index (Phi) is 10.4. The van der Waals surface area contributed by atoms with Gasteiger partial charge in [0.05, 0.1) is 21.8 Å². The Morgan fingerprint density at radius 1 is 0.635 bits per heavy atom. The normalized spacial score (nSPS) is 20.0. The number of terminal acetylenes is 1. The van der Waals surface area contributed by atoms with Crippen LogP contribution in [0.2, 0.25) is 0 Å². The number of hydrogen-bond donors (Lipinski definition) is 0. The van der Waals surface area contributed by atoms with E-state index in [1.807, 2.05) is 75.9 Å². The van der Waals surface area contributed by atoms with Gasteiger partial charge in [-0.05, 0) is 118 Å². The molecule has 4 bridgehead atoms. The lowest BCUT2D eigenvalue weighted by molar-refractivity contribution is 0.244. The maximum atomic E-state index is 12.9. The summed E-state index contributed by atoms with van der Waals surface area (Å²) in [5.41, 5.74) is 4.13. The number of hydrogen-bond acceptors (Lipinski definition) is 6. The molecule has 0 spiro atoms. The van der Waals surface area contributed by atoms with Crippen molar-refractivity contribution in [3.63, 3.8) is 0 Å². The molecule has 6 aromatic rings. The van der Waals surface area contributed by atoms with Crippen LogP contribution in [0.4, 0.5) is 0 Å². The molecule has 260 valence electrons. The van der Waals surface area contributed by atoms with Crippen molar-refractivity contribution in [1.29, 1.82) is 0 Å². The number of rotatable bonds is 0. The Morgan fingerprint density at radius 3 is 1.65 bits per heavy atom. The fraction of sp³-hybridized carbons (Fsp3) is 0.286. The predicted molar refractivity (Wildman–Crippen MR) is 210 cm³/mol. The number of fused-ring (bicyclic) bond motifs is 6. The summed E-state index contributed by atoms with van der Waals surface area (Å²) in [7, 11) is 0. The number of benzene rings is 2.